The van der Waals surface area contributed by atoms with Crippen LogP contribution in [0, 0.1) is 17.0 Å². The number of phenols is 1. The first-order valence-electron chi connectivity index (χ1n) is 9.04. The summed E-state index contributed by atoms with van der Waals surface area (Å²) < 4.78 is 6.21. The molecule has 0 saturated heterocycles. The second-order valence-electron chi connectivity index (χ2n) is 6.75. The molecule has 0 fully saturated rings. The smallest absolute Gasteiger partial charge is 0.315 e. The summed E-state index contributed by atoms with van der Waals surface area (Å²) in [6.45, 7) is 1.67. The van der Waals surface area contributed by atoms with Gasteiger partial charge in [0, 0.05) is 10.4 Å². The standard InChI is InChI=1S/C19H18N4O5S/c1-10-21-18-16(13-5-3-4-6-15(13)29-18)19(25)22(10)20-9-11-7-12(28-2)8-14(17(11)24)23(26)27/h7-9,24H,3-6H2,1-2H3. The van der Waals surface area contributed by atoms with Gasteiger partial charge in [-0.25, -0.2) is 4.98 Å². The predicted octanol–water partition coefficient (Wildman–Crippen LogP) is 3.15. The number of methoxy groups -OCH3 is 1. The molecule has 1 aliphatic rings. The fourth-order valence-electron chi connectivity index (χ4n) is 3.52. The van der Waals surface area contributed by atoms with Crippen LogP contribution < -0.4 is 10.3 Å². The van der Waals surface area contributed by atoms with Crippen LogP contribution in [-0.2, 0) is 12.8 Å². The molecule has 1 aliphatic carbocycles. The van der Waals surface area contributed by atoms with Crippen molar-refractivity contribution in [3.05, 3.63) is 54.4 Å². The number of fused-ring (bicyclic) bond motifs is 3. The number of benzene rings is 1. The van der Waals surface area contributed by atoms with Crippen molar-refractivity contribution >= 4 is 33.5 Å². The highest BCUT2D eigenvalue weighted by molar-refractivity contribution is 7.18. The van der Waals surface area contributed by atoms with Crippen LogP contribution in [0.25, 0.3) is 10.2 Å². The van der Waals surface area contributed by atoms with Crippen molar-refractivity contribution < 1.29 is 14.8 Å². The van der Waals surface area contributed by atoms with Gasteiger partial charge in [0.15, 0.2) is 0 Å². The number of nitrogens with zero attached hydrogens (tertiary/aromatic N) is 4. The molecule has 0 unspecified atom stereocenters. The van der Waals surface area contributed by atoms with Gasteiger partial charge < -0.3 is 9.84 Å². The van der Waals surface area contributed by atoms with Gasteiger partial charge in [-0.05, 0) is 44.2 Å². The third-order valence-corrected chi connectivity index (χ3v) is 6.15. The van der Waals surface area contributed by atoms with Crippen LogP contribution in [0.15, 0.2) is 22.0 Å². The lowest BCUT2D eigenvalue weighted by Crippen LogP contribution is -2.21. The summed E-state index contributed by atoms with van der Waals surface area (Å²) in [6.07, 6.45) is 5.16. The summed E-state index contributed by atoms with van der Waals surface area (Å²) in [6, 6.07) is 2.53. The van der Waals surface area contributed by atoms with Gasteiger partial charge in [0.1, 0.15) is 16.4 Å². The normalized spacial score (nSPS) is 13.7. The molecule has 4 rings (SSSR count). The highest BCUT2D eigenvalue weighted by Gasteiger charge is 2.22. The van der Waals surface area contributed by atoms with Gasteiger partial charge in [-0.3, -0.25) is 14.9 Å². The molecular weight excluding hydrogens is 396 g/mol. The Hall–Kier alpha value is -3.27. The molecule has 9 nitrogen and oxygen atoms in total. The minimum absolute atomic E-state index is 0.0646. The Kier molecular flexibility index (Phi) is 4.79. The number of hydrogen-bond donors (Lipinski definition) is 1. The number of nitro benzene ring substituents is 1. The lowest BCUT2D eigenvalue weighted by molar-refractivity contribution is -0.385. The van der Waals surface area contributed by atoms with Crippen molar-refractivity contribution in [2.45, 2.75) is 32.6 Å². The first kappa shape index (κ1) is 19.1. The van der Waals surface area contributed by atoms with Crippen LogP contribution >= 0.6 is 11.3 Å². The molecule has 0 aliphatic heterocycles. The number of thiophene rings is 1. The van der Waals surface area contributed by atoms with Crippen molar-refractivity contribution in [3.8, 4) is 11.5 Å². The van der Waals surface area contributed by atoms with Crippen molar-refractivity contribution in [1.82, 2.24) is 9.66 Å². The molecule has 29 heavy (non-hydrogen) atoms. The van der Waals surface area contributed by atoms with E-state index in [1.165, 1.54) is 24.3 Å². The minimum atomic E-state index is -0.710. The Labute approximate surface area is 169 Å². The number of rotatable bonds is 4. The average Bonchev–Trinajstić information content (AvgIpc) is 3.06. The molecule has 3 aromatic rings. The summed E-state index contributed by atoms with van der Waals surface area (Å²) in [5.74, 6) is 0.0435. The number of ether oxygens (including phenoxy) is 1. The third kappa shape index (κ3) is 3.25. The Morgan fingerprint density at radius 2 is 2.14 bits per heavy atom. The van der Waals surface area contributed by atoms with Crippen molar-refractivity contribution in [2.24, 2.45) is 5.10 Å². The van der Waals surface area contributed by atoms with Crippen LogP contribution in [0.1, 0.15) is 34.7 Å². The van der Waals surface area contributed by atoms with Gasteiger partial charge >= 0.3 is 5.69 Å². The Bertz CT molecular complexity index is 1230. The largest absolute Gasteiger partial charge is 0.502 e. The van der Waals surface area contributed by atoms with E-state index in [0.29, 0.717) is 16.0 Å². The summed E-state index contributed by atoms with van der Waals surface area (Å²) >= 11 is 1.56. The molecule has 2 heterocycles. The van der Waals surface area contributed by atoms with Gasteiger partial charge in [0.05, 0.1) is 29.7 Å². The molecule has 1 aromatic carbocycles. The number of aryl methyl sites for hydroxylation is 3. The quantitative estimate of drug-likeness (QED) is 0.398. The van der Waals surface area contributed by atoms with Crippen LogP contribution in [0.2, 0.25) is 0 Å². The average molecular weight is 414 g/mol. The molecule has 0 amide bonds. The number of nitro groups is 1. The number of aromatic hydroxyl groups is 1. The van der Waals surface area contributed by atoms with Crippen molar-refractivity contribution in [3.63, 3.8) is 0 Å². The second kappa shape index (κ2) is 7.28. The van der Waals surface area contributed by atoms with Gasteiger partial charge in [-0.15, -0.1) is 11.3 Å². The zero-order chi connectivity index (χ0) is 20.7. The summed E-state index contributed by atoms with van der Waals surface area (Å²) in [5, 5.41) is 26.1. The summed E-state index contributed by atoms with van der Waals surface area (Å²) in [5.41, 5.74) is 0.336. The summed E-state index contributed by atoms with van der Waals surface area (Å²) in [7, 11) is 1.36. The molecule has 10 heteroatoms. The molecule has 0 bridgehead atoms. The molecule has 0 saturated carbocycles. The van der Waals surface area contributed by atoms with E-state index in [1.807, 2.05) is 0 Å². The summed E-state index contributed by atoms with van der Waals surface area (Å²) in [4.78, 5) is 30.0. The highest BCUT2D eigenvalue weighted by atomic mass is 32.1. The van der Waals surface area contributed by atoms with Gasteiger partial charge in [0.25, 0.3) is 5.56 Å². The van der Waals surface area contributed by atoms with Crippen molar-refractivity contribution in [2.75, 3.05) is 7.11 Å². The molecule has 1 N–H and O–H groups in total. The molecule has 2 aromatic heterocycles. The van der Waals surface area contributed by atoms with E-state index in [-0.39, 0.29) is 16.9 Å². The van der Waals surface area contributed by atoms with E-state index in [0.717, 1.165) is 42.0 Å². The highest BCUT2D eigenvalue weighted by Crippen LogP contribution is 2.34. The van der Waals surface area contributed by atoms with Crippen LogP contribution in [0.5, 0.6) is 11.5 Å². The number of phenolic OH excluding ortho intramolecular Hbond substituents is 1. The molecule has 150 valence electrons. The van der Waals surface area contributed by atoms with E-state index in [1.54, 1.807) is 18.3 Å². The van der Waals surface area contributed by atoms with E-state index >= 15 is 0 Å². The van der Waals surface area contributed by atoms with E-state index in [2.05, 4.69) is 10.1 Å². The lowest BCUT2D eigenvalue weighted by atomic mass is 9.97. The molecule has 0 atom stereocenters. The zero-order valence-corrected chi connectivity index (χ0v) is 16.7. The Balaban J connectivity index is 1.85. The topological polar surface area (TPSA) is 120 Å². The maximum atomic E-state index is 13.1. The Morgan fingerprint density at radius 1 is 1.38 bits per heavy atom. The number of hydrogen-bond acceptors (Lipinski definition) is 8. The zero-order valence-electron chi connectivity index (χ0n) is 15.8. The second-order valence-corrected chi connectivity index (χ2v) is 7.84. The van der Waals surface area contributed by atoms with Crippen molar-refractivity contribution in [1.29, 1.82) is 0 Å². The minimum Gasteiger partial charge on any atom is -0.502 e. The number of aromatic nitrogens is 2. The molecule has 0 radical (unpaired) electrons. The fraction of sp³-hybridized carbons (Fsp3) is 0.316. The van der Waals surface area contributed by atoms with E-state index in [4.69, 9.17) is 4.74 Å². The van der Waals surface area contributed by atoms with Gasteiger partial charge in [-0.1, -0.05) is 0 Å². The van der Waals surface area contributed by atoms with Crippen LogP contribution in [0.3, 0.4) is 0 Å². The SMILES string of the molecule is COc1cc(C=Nn2c(C)nc3sc4c(c3c2=O)CCCC4)c(O)c([N+](=O)[O-])c1. The monoisotopic (exact) mass is 414 g/mol. The van der Waals surface area contributed by atoms with E-state index < -0.39 is 16.4 Å². The first-order chi connectivity index (χ1) is 13.9. The first-order valence-corrected chi connectivity index (χ1v) is 9.86. The van der Waals surface area contributed by atoms with Crippen LogP contribution in [-0.4, -0.2) is 33.0 Å². The van der Waals surface area contributed by atoms with Gasteiger partial charge in [0.2, 0.25) is 5.75 Å². The third-order valence-electron chi connectivity index (χ3n) is 4.97. The lowest BCUT2D eigenvalue weighted by Gasteiger charge is -2.10. The maximum Gasteiger partial charge on any atom is 0.315 e. The Morgan fingerprint density at radius 3 is 2.86 bits per heavy atom. The van der Waals surface area contributed by atoms with Gasteiger partial charge in [-0.2, -0.15) is 9.78 Å². The predicted molar refractivity (Wildman–Crippen MR) is 110 cm³/mol. The van der Waals surface area contributed by atoms with Crippen LogP contribution in [0.4, 0.5) is 5.69 Å². The molecule has 0 spiro atoms. The molecular formula is C19H18N4O5S. The van der Waals surface area contributed by atoms with E-state index in [9.17, 15) is 20.0 Å². The fourth-order valence-corrected chi connectivity index (χ4v) is 4.82. The maximum absolute atomic E-state index is 13.1.